The molecule has 18 heavy (non-hydrogen) atoms. The van der Waals surface area contributed by atoms with E-state index in [1.807, 2.05) is 12.1 Å². The molecule has 0 N–H and O–H groups in total. The lowest BCUT2D eigenvalue weighted by Gasteiger charge is -2.08. The highest BCUT2D eigenvalue weighted by molar-refractivity contribution is 6.33. The molecule has 0 aliphatic heterocycles. The Kier molecular flexibility index (Phi) is 3.83. The van der Waals surface area contributed by atoms with Gasteiger partial charge in [0.1, 0.15) is 0 Å². The van der Waals surface area contributed by atoms with Gasteiger partial charge in [-0.1, -0.05) is 55.8 Å². The molecule has 0 saturated heterocycles. The second kappa shape index (κ2) is 5.36. The van der Waals surface area contributed by atoms with Crippen molar-refractivity contribution in [1.29, 1.82) is 0 Å². The minimum Gasteiger partial charge on any atom is -0.298 e. The molecular weight excluding hydrogens is 244 g/mol. The third-order valence-corrected chi connectivity index (χ3v) is 3.37. The molecule has 0 fully saturated rings. The van der Waals surface area contributed by atoms with Crippen LogP contribution in [0.3, 0.4) is 0 Å². The van der Waals surface area contributed by atoms with Gasteiger partial charge in [0.05, 0.1) is 5.02 Å². The second-order valence-electron chi connectivity index (χ2n) is 4.63. The molecule has 2 aromatic rings. The lowest BCUT2D eigenvalue weighted by molar-refractivity contribution is 0.112. The van der Waals surface area contributed by atoms with Gasteiger partial charge in [-0.25, -0.2) is 0 Å². The van der Waals surface area contributed by atoms with E-state index in [9.17, 15) is 4.79 Å². The summed E-state index contributed by atoms with van der Waals surface area (Å²) < 4.78 is 0. The lowest BCUT2D eigenvalue weighted by Crippen LogP contribution is -1.87. The fourth-order valence-corrected chi connectivity index (χ4v) is 2.09. The topological polar surface area (TPSA) is 17.1 Å². The van der Waals surface area contributed by atoms with Crippen molar-refractivity contribution in [3.05, 3.63) is 58.6 Å². The zero-order valence-electron chi connectivity index (χ0n) is 10.5. The predicted octanol–water partition coefficient (Wildman–Crippen LogP) is 4.94. The second-order valence-corrected chi connectivity index (χ2v) is 5.04. The predicted molar refractivity (Wildman–Crippen MR) is 76.4 cm³/mol. The van der Waals surface area contributed by atoms with E-state index in [1.54, 1.807) is 6.07 Å². The van der Waals surface area contributed by atoms with E-state index in [-0.39, 0.29) is 0 Å². The van der Waals surface area contributed by atoms with E-state index < -0.39 is 0 Å². The van der Waals surface area contributed by atoms with Crippen LogP contribution in [0.1, 0.15) is 35.7 Å². The maximum Gasteiger partial charge on any atom is 0.151 e. The van der Waals surface area contributed by atoms with Gasteiger partial charge in [-0.15, -0.1) is 0 Å². The SMILES string of the molecule is CC(C)c1ccc(-c2ccc(C=O)c(Cl)c2)cc1. The number of hydrogen-bond donors (Lipinski definition) is 0. The van der Waals surface area contributed by atoms with Crippen LogP contribution in [-0.4, -0.2) is 6.29 Å². The Bertz CT molecular complexity index is 556. The minimum absolute atomic E-state index is 0.496. The first kappa shape index (κ1) is 12.8. The van der Waals surface area contributed by atoms with Crippen molar-refractivity contribution in [2.75, 3.05) is 0 Å². The molecule has 0 atom stereocenters. The molecule has 2 aromatic carbocycles. The quantitative estimate of drug-likeness (QED) is 0.713. The molecule has 0 unspecified atom stereocenters. The highest BCUT2D eigenvalue weighted by atomic mass is 35.5. The van der Waals surface area contributed by atoms with E-state index in [4.69, 9.17) is 11.6 Å². The van der Waals surface area contributed by atoms with Crippen LogP contribution in [0.2, 0.25) is 5.02 Å². The van der Waals surface area contributed by atoms with E-state index in [0.717, 1.165) is 17.4 Å². The molecule has 0 aliphatic rings. The smallest absolute Gasteiger partial charge is 0.151 e. The van der Waals surface area contributed by atoms with E-state index in [2.05, 4.69) is 38.1 Å². The number of hydrogen-bond acceptors (Lipinski definition) is 1. The Labute approximate surface area is 112 Å². The Hall–Kier alpha value is -1.60. The Morgan fingerprint density at radius 1 is 1.00 bits per heavy atom. The summed E-state index contributed by atoms with van der Waals surface area (Å²) in [6, 6.07) is 13.9. The Morgan fingerprint density at radius 3 is 2.11 bits per heavy atom. The van der Waals surface area contributed by atoms with Crippen molar-refractivity contribution < 1.29 is 4.79 Å². The summed E-state index contributed by atoms with van der Waals surface area (Å²) in [5.74, 6) is 0.528. The van der Waals surface area contributed by atoms with Crippen LogP contribution in [0.15, 0.2) is 42.5 Å². The van der Waals surface area contributed by atoms with Crippen molar-refractivity contribution in [1.82, 2.24) is 0 Å². The van der Waals surface area contributed by atoms with Crippen molar-refractivity contribution in [3.8, 4) is 11.1 Å². The molecule has 2 rings (SSSR count). The first-order valence-corrected chi connectivity index (χ1v) is 6.34. The monoisotopic (exact) mass is 258 g/mol. The third-order valence-electron chi connectivity index (χ3n) is 3.04. The third kappa shape index (κ3) is 2.62. The number of benzene rings is 2. The van der Waals surface area contributed by atoms with E-state index in [0.29, 0.717) is 16.5 Å². The number of rotatable bonds is 3. The van der Waals surface area contributed by atoms with Gasteiger partial charge in [0.2, 0.25) is 0 Å². The van der Waals surface area contributed by atoms with Gasteiger partial charge >= 0.3 is 0 Å². The Morgan fingerprint density at radius 2 is 1.61 bits per heavy atom. The van der Waals surface area contributed by atoms with Gasteiger partial charge in [0, 0.05) is 5.56 Å². The van der Waals surface area contributed by atoms with E-state index >= 15 is 0 Å². The standard InChI is InChI=1S/C16H15ClO/c1-11(2)12-3-5-13(6-4-12)14-7-8-15(10-18)16(17)9-14/h3-11H,1-2H3. The summed E-state index contributed by atoms with van der Waals surface area (Å²) in [7, 11) is 0. The highest BCUT2D eigenvalue weighted by Gasteiger charge is 2.04. The number of carbonyl (C=O) groups is 1. The number of halogens is 1. The molecule has 0 saturated carbocycles. The van der Waals surface area contributed by atoms with E-state index in [1.165, 1.54) is 5.56 Å². The van der Waals surface area contributed by atoms with Gasteiger partial charge in [0.25, 0.3) is 0 Å². The largest absolute Gasteiger partial charge is 0.298 e. The average Bonchev–Trinajstić information content (AvgIpc) is 2.38. The van der Waals surface area contributed by atoms with Gasteiger partial charge in [-0.05, 0) is 34.7 Å². The molecule has 0 bridgehead atoms. The van der Waals surface area contributed by atoms with Crippen LogP contribution in [-0.2, 0) is 0 Å². The van der Waals surface area contributed by atoms with Gasteiger partial charge in [-0.2, -0.15) is 0 Å². The van der Waals surface area contributed by atoms with Crippen LogP contribution < -0.4 is 0 Å². The van der Waals surface area contributed by atoms with Crippen LogP contribution in [0.5, 0.6) is 0 Å². The first-order valence-electron chi connectivity index (χ1n) is 5.97. The number of carbonyl (C=O) groups excluding carboxylic acids is 1. The van der Waals surface area contributed by atoms with Gasteiger partial charge in [-0.3, -0.25) is 4.79 Å². The molecule has 0 spiro atoms. The first-order chi connectivity index (χ1) is 8.61. The maximum atomic E-state index is 10.7. The van der Waals surface area contributed by atoms with Crippen molar-refractivity contribution in [3.63, 3.8) is 0 Å². The molecule has 92 valence electrons. The molecule has 0 amide bonds. The summed E-state index contributed by atoms with van der Waals surface area (Å²) in [5.41, 5.74) is 3.98. The number of aldehydes is 1. The summed E-state index contributed by atoms with van der Waals surface area (Å²) in [4.78, 5) is 10.7. The summed E-state index contributed by atoms with van der Waals surface area (Å²) >= 11 is 6.03. The normalized spacial score (nSPS) is 10.7. The molecule has 0 aromatic heterocycles. The molecular formula is C16H15ClO. The highest BCUT2D eigenvalue weighted by Crippen LogP contribution is 2.26. The van der Waals surface area contributed by atoms with Crippen LogP contribution in [0.25, 0.3) is 11.1 Å². The van der Waals surface area contributed by atoms with Gasteiger partial charge < -0.3 is 0 Å². The molecule has 0 aliphatic carbocycles. The zero-order valence-corrected chi connectivity index (χ0v) is 11.2. The Balaban J connectivity index is 2.36. The van der Waals surface area contributed by atoms with Crippen molar-refractivity contribution in [2.45, 2.75) is 19.8 Å². The minimum atomic E-state index is 0.496. The fraction of sp³-hybridized carbons (Fsp3) is 0.188. The molecule has 0 heterocycles. The summed E-state index contributed by atoms with van der Waals surface area (Å²) in [6.45, 7) is 4.34. The summed E-state index contributed by atoms with van der Waals surface area (Å²) in [6.07, 6.45) is 0.772. The van der Waals surface area contributed by atoms with Crippen LogP contribution in [0, 0.1) is 0 Å². The van der Waals surface area contributed by atoms with Gasteiger partial charge in [0.15, 0.2) is 6.29 Å². The van der Waals surface area contributed by atoms with Crippen LogP contribution in [0.4, 0.5) is 0 Å². The molecule has 0 radical (unpaired) electrons. The fourth-order valence-electron chi connectivity index (χ4n) is 1.86. The van der Waals surface area contributed by atoms with Crippen LogP contribution >= 0.6 is 11.6 Å². The average molecular weight is 259 g/mol. The maximum absolute atomic E-state index is 10.7. The summed E-state index contributed by atoms with van der Waals surface area (Å²) in [5, 5.41) is 0.496. The molecule has 2 heteroatoms. The lowest BCUT2D eigenvalue weighted by atomic mass is 9.98. The molecule has 1 nitrogen and oxygen atoms in total. The van der Waals surface area contributed by atoms with Crippen molar-refractivity contribution in [2.24, 2.45) is 0 Å². The zero-order chi connectivity index (χ0) is 13.1. The van der Waals surface area contributed by atoms with Crippen molar-refractivity contribution >= 4 is 17.9 Å².